The normalized spacial score (nSPS) is 12.4. The molecule has 1 N–H and O–H groups in total. The summed E-state index contributed by atoms with van der Waals surface area (Å²) >= 11 is 0. The van der Waals surface area contributed by atoms with Crippen LogP contribution in [0.25, 0.3) is 11.0 Å². The molecule has 1 aromatic heterocycles. The molecule has 1 atom stereocenters. The summed E-state index contributed by atoms with van der Waals surface area (Å²) in [5.41, 5.74) is 4.09. The monoisotopic (exact) mass is 227 g/mol. The molecule has 0 spiro atoms. The Morgan fingerprint density at radius 3 is 2.59 bits per heavy atom. The zero-order valence-electron chi connectivity index (χ0n) is 10.4. The standard InChI is InChI=1S/C14H17N3/c1-10(2)8-13(15-3)14-9-16-11-6-4-5-7-12(11)17-14/h4-9,13,15H,1-3H3. The number of aromatic nitrogens is 2. The number of benzene rings is 1. The molecule has 2 aromatic rings. The zero-order valence-corrected chi connectivity index (χ0v) is 10.4. The number of nitrogens with zero attached hydrogens (tertiary/aromatic N) is 2. The lowest BCUT2D eigenvalue weighted by Crippen LogP contribution is -2.16. The summed E-state index contributed by atoms with van der Waals surface area (Å²) in [6.45, 7) is 4.16. The molecule has 0 aliphatic rings. The fourth-order valence-corrected chi connectivity index (χ4v) is 1.77. The predicted octanol–water partition coefficient (Wildman–Crippen LogP) is 2.86. The van der Waals surface area contributed by atoms with Gasteiger partial charge in [0.2, 0.25) is 0 Å². The molecule has 1 aromatic carbocycles. The van der Waals surface area contributed by atoms with E-state index in [1.54, 1.807) is 0 Å². The second-order valence-corrected chi connectivity index (χ2v) is 4.29. The van der Waals surface area contributed by atoms with Crippen molar-refractivity contribution in [2.24, 2.45) is 0 Å². The van der Waals surface area contributed by atoms with Crippen LogP contribution in [-0.2, 0) is 0 Å². The summed E-state index contributed by atoms with van der Waals surface area (Å²) in [7, 11) is 1.93. The van der Waals surface area contributed by atoms with E-state index in [1.165, 1.54) is 5.57 Å². The van der Waals surface area contributed by atoms with Crippen molar-refractivity contribution in [1.29, 1.82) is 0 Å². The van der Waals surface area contributed by atoms with Crippen LogP contribution in [0.2, 0.25) is 0 Å². The third-order valence-corrected chi connectivity index (χ3v) is 2.60. The van der Waals surface area contributed by atoms with Gasteiger partial charge in [-0.2, -0.15) is 0 Å². The van der Waals surface area contributed by atoms with E-state index in [4.69, 9.17) is 0 Å². The van der Waals surface area contributed by atoms with Gasteiger partial charge in [-0.25, -0.2) is 4.98 Å². The van der Waals surface area contributed by atoms with Crippen LogP contribution >= 0.6 is 0 Å². The van der Waals surface area contributed by atoms with Crippen LogP contribution in [0.3, 0.4) is 0 Å². The number of fused-ring (bicyclic) bond motifs is 1. The first-order valence-electron chi connectivity index (χ1n) is 5.74. The van der Waals surface area contributed by atoms with Crippen molar-refractivity contribution in [2.75, 3.05) is 7.05 Å². The van der Waals surface area contributed by atoms with Crippen molar-refractivity contribution in [3.8, 4) is 0 Å². The lowest BCUT2D eigenvalue weighted by molar-refractivity contribution is 0.688. The van der Waals surface area contributed by atoms with E-state index >= 15 is 0 Å². The topological polar surface area (TPSA) is 37.8 Å². The van der Waals surface area contributed by atoms with Gasteiger partial charge in [0.1, 0.15) is 0 Å². The van der Waals surface area contributed by atoms with E-state index in [1.807, 2.05) is 37.5 Å². The van der Waals surface area contributed by atoms with Crippen molar-refractivity contribution in [1.82, 2.24) is 15.3 Å². The molecule has 1 heterocycles. The molecular formula is C14H17N3. The second kappa shape index (κ2) is 5.06. The Bertz CT molecular complexity index is 542. The predicted molar refractivity (Wildman–Crippen MR) is 70.8 cm³/mol. The highest BCUT2D eigenvalue weighted by Gasteiger charge is 2.08. The van der Waals surface area contributed by atoms with E-state index in [-0.39, 0.29) is 6.04 Å². The number of para-hydroxylation sites is 2. The molecule has 3 heteroatoms. The van der Waals surface area contributed by atoms with Crippen LogP contribution in [0.1, 0.15) is 25.6 Å². The van der Waals surface area contributed by atoms with Gasteiger partial charge in [-0.3, -0.25) is 4.98 Å². The van der Waals surface area contributed by atoms with Crippen LogP contribution in [0.4, 0.5) is 0 Å². The van der Waals surface area contributed by atoms with Gasteiger partial charge in [0, 0.05) is 0 Å². The Labute approximate surface area is 102 Å². The Morgan fingerprint density at radius 2 is 1.94 bits per heavy atom. The molecule has 0 saturated heterocycles. The Balaban J connectivity index is 2.44. The number of nitrogens with one attached hydrogen (secondary N) is 1. The fraction of sp³-hybridized carbons (Fsp3) is 0.286. The second-order valence-electron chi connectivity index (χ2n) is 4.29. The van der Waals surface area contributed by atoms with Gasteiger partial charge in [0.25, 0.3) is 0 Å². The van der Waals surface area contributed by atoms with Crippen LogP contribution in [0.15, 0.2) is 42.1 Å². The Kier molecular flexibility index (Phi) is 3.49. The first-order chi connectivity index (χ1) is 8.20. The van der Waals surface area contributed by atoms with Gasteiger partial charge in [-0.1, -0.05) is 23.8 Å². The Hall–Kier alpha value is -1.74. The van der Waals surface area contributed by atoms with Crippen molar-refractivity contribution in [2.45, 2.75) is 19.9 Å². The van der Waals surface area contributed by atoms with E-state index in [2.05, 4.69) is 35.2 Å². The molecule has 1 unspecified atom stereocenters. The van der Waals surface area contributed by atoms with Crippen molar-refractivity contribution in [3.05, 3.63) is 47.8 Å². The molecule has 0 saturated carbocycles. The number of likely N-dealkylation sites (N-methyl/N-ethyl adjacent to an activating group) is 1. The van der Waals surface area contributed by atoms with E-state index < -0.39 is 0 Å². The van der Waals surface area contributed by atoms with Crippen LogP contribution in [0, 0.1) is 0 Å². The molecule has 0 aliphatic heterocycles. The first-order valence-corrected chi connectivity index (χ1v) is 5.74. The smallest absolute Gasteiger partial charge is 0.0890 e. The molecule has 17 heavy (non-hydrogen) atoms. The summed E-state index contributed by atoms with van der Waals surface area (Å²) in [4.78, 5) is 9.06. The van der Waals surface area contributed by atoms with Crippen molar-refractivity contribution >= 4 is 11.0 Å². The number of allylic oxidation sites excluding steroid dienone is 1. The molecule has 0 bridgehead atoms. The zero-order chi connectivity index (χ0) is 12.3. The number of rotatable bonds is 3. The maximum atomic E-state index is 4.63. The van der Waals surface area contributed by atoms with Crippen LogP contribution in [0.5, 0.6) is 0 Å². The summed E-state index contributed by atoms with van der Waals surface area (Å²) in [5.74, 6) is 0. The lowest BCUT2D eigenvalue weighted by Gasteiger charge is -2.12. The van der Waals surface area contributed by atoms with Gasteiger partial charge in [-0.15, -0.1) is 0 Å². The van der Waals surface area contributed by atoms with Gasteiger partial charge in [0.05, 0.1) is 29.0 Å². The van der Waals surface area contributed by atoms with Crippen molar-refractivity contribution in [3.63, 3.8) is 0 Å². The molecule has 2 rings (SSSR count). The molecule has 0 amide bonds. The lowest BCUT2D eigenvalue weighted by atomic mass is 10.1. The van der Waals surface area contributed by atoms with E-state index in [9.17, 15) is 0 Å². The highest BCUT2D eigenvalue weighted by molar-refractivity contribution is 5.73. The highest BCUT2D eigenvalue weighted by Crippen LogP contribution is 2.16. The van der Waals surface area contributed by atoms with Crippen LogP contribution < -0.4 is 5.32 Å². The summed E-state index contributed by atoms with van der Waals surface area (Å²) in [6.07, 6.45) is 3.99. The Morgan fingerprint density at radius 1 is 1.24 bits per heavy atom. The third-order valence-electron chi connectivity index (χ3n) is 2.60. The number of hydrogen-bond donors (Lipinski definition) is 1. The maximum absolute atomic E-state index is 4.63. The molecule has 0 radical (unpaired) electrons. The SMILES string of the molecule is CNC(C=C(C)C)c1cnc2ccccc2n1. The van der Waals surface area contributed by atoms with E-state index in [0.29, 0.717) is 0 Å². The summed E-state index contributed by atoms with van der Waals surface area (Å²) < 4.78 is 0. The minimum Gasteiger partial charge on any atom is -0.308 e. The third kappa shape index (κ3) is 2.68. The summed E-state index contributed by atoms with van der Waals surface area (Å²) in [6, 6.07) is 8.04. The highest BCUT2D eigenvalue weighted by atomic mass is 14.9. The maximum Gasteiger partial charge on any atom is 0.0890 e. The van der Waals surface area contributed by atoms with Crippen LogP contribution in [-0.4, -0.2) is 17.0 Å². The first kappa shape index (κ1) is 11.7. The minimum atomic E-state index is 0.122. The molecular weight excluding hydrogens is 210 g/mol. The molecule has 0 fully saturated rings. The van der Waals surface area contributed by atoms with E-state index in [0.717, 1.165) is 16.7 Å². The van der Waals surface area contributed by atoms with Gasteiger partial charge in [0.15, 0.2) is 0 Å². The largest absolute Gasteiger partial charge is 0.308 e. The fourth-order valence-electron chi connectivity index (χ4n) is 1.77. The average Bonchev–Trinajstić information content (AvgIpc) is 2.35. The molecule has 0 aliphatic carbocycles. The quantitative estimate of drug-likeness (QED) is 0.819. The molecule has 88 valence electrons. The van der Waals surface area contributed by atoms with Crippen molar-refractivity contribution < 1.29 is 0 Å². The minimum absolute atomic E-state index is 0.122. The molecule has 3 nitrogen and oxygen atoms in total. The summed E-state index contributed by atoms with van der Waals surface area (Å²) in [5, 5.41) is 3.24. The number of hydrogen-bond acceptors (Lipinski definition) is 3. The van der Waals surface area contributed by atoms with Gasteiger partial charge >= 0.3 is 0 Å². The average molecular weight is 227 g/mol. The van der Waals surface area contributed by atoms with Gasteiger partial charge in [-0.05, 0) is 33.0 Å². The van der Waals surface area contributed by atoms with Gasteiger partial charge < -0.3 is 5.32 Å².